The minimum Gasteiger partial charge on any atom is -0.481 e. The molecule has 1 aliphatic rings. The third-order valence-electron chi connectivity index (χ3n) is 15.7. The number of hydrogen-bond donors (Lipinski definition) is 25. The predicted octanol–water partition coefficient (Wildman–Crippen LogP) is -10.5. The maximum atomic E-state index is 14.7. The highest BCUT2D eigenvalue weighted by Gasteiger charge is 2.40. The Kier molecular flexibility index (Phi) is 43.5. The average molecular weight is 1450 g/mol. The third-order valence-corrected chi connectivity index (χ3v) is 15.7. The summed E-state index contributed by atoms with van der Waals surface area (Å²) in [4.78, 5) is 186. The molecule has 1 heterocycles. The molecule has 578 valence electrons. The molecular weight excluding hydrogens is 1340 g/mol. The summed E-state index contributed by atoms with van der Waals surface area (Å²) in [6, 6.07) is -15.8. The van der Waals surface area contributed by atoms with Gasteiger partial charge in [-0.1, -0.05) is 0 Å². The number of nitrogens with one attached hydrogen (secondary N) is 9. The van der Waals surface area contributed by atoms with Gasteiger partial charge in [-0.05, 0) is 149 Å². The van der Waals surface area contributed by atoms with E-state index >= 15 is 0 Å². The number of aliphatic carboxylic acids is 2. The fourth-order valence-corrected chi connectivity index (χ4v) is 10.2. The molecule has 1 aliphatic heterocycles. The Hall–Kier alpha value is -10.2. The standard InChI is InChI=1S/C59H112N28O15/c1-31(78-45(92)35(15-7-25-73-55(63)64)85-52(99)41-20-12-30-87(41)53(100)43(62)32(2)88)44(91)79-36(16-8-26-74-56(65)66)48(95)82-38(18-10-28-76-58(69)70)50(97)83-37(17-9-27-75-57(67)68)49(96)81-33(13-3-5-23-60)46(93)80-34(14-4-6-24-61)47(94)84-39(19-11-29-77-59(71)72)51(98)86-40(54(101)102)21-22-42(89)90/h31-41,43,88H,3-30,60-62H2,1-2H3,(H,78,92)(H,79,91)(H,80,93)(H,81,96)(H,82,95)(H,83,97)(H,84,94)(H,85,99)(H,86,98)(H,89,90)(H,101,102)(H4,63,64,73)(H4,65,66,74)(H4,67,68,75)(H4,69,70,76)(H4,71,72,77)/t31-,32+,33-,34-,35-,36-,37-,38-,39-,40-,41-,43-/m0/s1. The summed E-state index contributed by atoms with van der Waals surface area (Å²) < 4.78 is 0. The van der Waals surface area contributed by atoms with Crippen LogP contribution in [0.2, 0.25) is 0 Å². The molecule has 1 fully saturated rings. The van der Waals surface area contributed by atoms with Crippen LogP contribution < -0.4 is 122 Å². The van der Waals surface area contributed by atoms with Crippen LogP contribution in [-0.4, -0.2) is 246 Å². The Balaban J connectivity index is 3.83. The van der Waals surface area contributed by atoms with Crippen LogP contribution in [0.15, 0.2) is 25.0 Å². The molecule has 43 nitrogen and oxygen atoms in total. The van der Waals surface area contributed by atoms with E-state index in [9.17, 15) is 72.9 Å². The molecule has 38 N–H and O–H groups in total. The Morgan fingerprint density at radius 3 is 0.971 bits per heavy atom. The zero-order chi connectivity index (χ0) is 77.0. The molecule has 0 aromatic carbocycles. The number of amides is 10. The molecule has 0 unspecified atom stereocenters. The lowest BCUT2D eigenvalue weighted by molar-refractivity contribution is -0.143. The third kappa shape index (κ3) is 37.3. The van der Waals surface area contributed by atoms with Gasteiger partial charge in [0.2, 0.25) is 59.1 Å². The molecule has 12 atom stereocenters. The Labute approximate surface area is 591 Å². The summed E-state index contributed by atoms with van der Waals surface area (Å²) in [5.41, 5.74) is 72.9. The minimum absolute atomic E-state index is 0.0266. The van der Waals surface area contributed by atoms with E-state index in [4.69, 9.17) is 74.5 Å². The largest absolute Gasteiger partial charge is 0.481 e. The average Bonchev–Trinajstić information content (AvgIpc) is 1.62. The van der Waals surface area contributed by atoms with E-state index in [0.29, 0.717) is 19.3 Å². The van der Waals surface area contributed by atoms with Crippen molar-refractivity contribution in [3.05, 3.63) is 0 Å². The number of carboxylic acids is 2. The fraction of sp³-hybridized carbons (Fsp3) is 0.712. The smallest absolute Gasteiger partial charge is 0.326 e. The first-order chi connectivity index (χ1) is 48.1. The number of guanidine groups is 5. The monoisotopic (exact) mass is 1450 g/mol. The molecule has 1 rings (SSSR count). The molecule has 0 aromatic rings. The van der Waals surface area contributed by atoms with Crippen LogP contribution in [0.3, 0.4) is 0 Å². The molecule has 0 spiro atoms. The Morgan fingerprint density at radius 2 is 0.686 bits per heavy atom. The molecule has 102 heavy (non-hydrogen) atoms. The maximum Gasteiger partial charge on any atom is 0.326 e. The first kappa shape index (κ1) is 89.8. The van der Waals surface area contributed by atoms with Crippen molar-refractivity contribution in [2.24, 2.45) is 99.5 Å². The first-order valence-electron chi connectivity index (χ1n) is 33.7. The summed E-state index contributed by atoms with van der Waals surface area (Å²) in [5, 5.41) is 52.2. The number of carbonyl (C=O) groups excluding carboxylic acids is 10. The van der Waals surface area contributed by atoms with Crippen LogP contribution in [-0.2, 0) is 57.5 Å². The maximum absolute atomic E-state index is 14.7. The number of aliphatic hydroxyl groups is 1. The number of aliphatic hydroxyl groups excluding tert-OH is 1. The zero-order valence-corrected chi connectivity index (χ0v) is 58.2. The highest BCUT2D eigenvalue weighted by Crippen LogP contribution is 2.20. The van der Waals surface area contributed by atoms with Gasteiger partial charge in [-0.2, -0.15) is 0 Å². The summed E-state index contributed by atoms with van der Waals surface area (Å²) in [5.74, 6) is -13.2. The van der Waals surface area contributed by atoms with E-state index in [1.54, 1.807) is 0 Å². The van der Waals surface area contributed by atoms with Gasteiger partial charge < -0.3 is 143 Å². The highest BCUT2D eigenvalue weighted by atomic mass is 16.4. The van der Waals surface area contributed by atoms with Gasteiger partial charge in [-0.15, -0.1) is 0 Å². The number of likely N-dealkylation sites (tertiary alicyclic amines) is 1. The molecule has 0 aromatic heterocycles. The molecule has 43 heteroatoms. The van der Waals surface area contributed by atoms with E-state index in [2.05, 4.69) is 72.8 Å². The number of aliphatic imine (C=N–C) groups is 5. The second-order valence-electron chi connectivity index (χ2n) is 24.3. The topological polar surface area (TPSA) is 777 Å². The van der Waals surface area contributed by atoms with E-state index in [-0.39, 0.29) is 178 Å². The van der Waals surface area contributed by atoms with Crippen LogP contribution in [0.1, 0.15) is 142 Å². The van der Waals surface area contributed by atoms with E-state index in [0.717, 1.165) is 0 Å². The normalized spacial score (nSPS) is 15.6. The van der Waals surface area contributed by atoms with Crippen molar-refractivity contribution < 1.29 is 72.9 Å². The summed E-state index contributed by atoms with van der Waals surface area (Å²) >= 11 is 0. The predicted molar refractivity (Wildman–Crippen MR) is 377 cm³/mol. The van der Waals surface area contributed by atoms with Crippen molar-refractivity contribution in [3.63, 3.8) is 0 Å². The van der Waals surface area contributed by atoms with E-state index in [1.165, 1.54) is 18.7 Å². The summed E-state index contributed by atoms with van der Waals surface area (Å²) in [6.45, 7) is 2.92. The quantitative estimate of drug-likeness (QED) is 0.0153. The first-order valence-corrected chi connectivity index (χ1v) is 33.7. The second kappa shape index (κ2) is 49.4. The number of carboxylic acid groups (broad SMARTS) is 2. The molecular formula is C59H112N28O15. The minimum atomic E-state index is -1.68. The molecule has 0 bridgehead atoms. The fourth-order valence-electron chi connectivity index (χ4n) is 10.2. The number of unbranched alkanes of at least 4 members (excludes halogenated alkanes) is 2. The Morgan fingerprint density at radius 1 is 0.402 bits per heavy atom. The lowest BCUT2D eigenvalue weighted by Gasteiger charge is -2.29. The molecule has 0 radical (unpaired) electrons. The van der Waals surface area contributed by atoms with Crippen molar-refractivity contribution in [1.82, 2.24) is 52.8 Å². The van der Waals surface area contributed by atoms with Crippen molar-refractivity contribution in [3.8, 4) is 0 Å². The number of nitrogens with two attached hydrogens (primary N) is 13. The lowest BCUT2D eigenvalue weighted by Crippen LogP contribution is -2.60. The van der Waals surface area contributed by atoms with Gasteiger partial charge in [0.1, 0.15) is 66.5 Å². The van der Waals surface area contributed by atoms with Crippen molar-refractivity contribution in [1.29, 1.82) is 0 Å². The molecule has 0 saturated carbocycles. The molecule has 1 saturated heterocycles. The van der Waals surface area contributed by atoms with Crippen molar-refractivity contribution in [2.75, 3.05) is 52.4 Å². The lowest BCUT2D eigenvalue weighted by atomic mass is 10.0. The van der Waals surface area contributed by atoms with Crippen LogP contribution in [0.25, 0.3) is 0 Å². The van der Waals surface area contributed by atoms with Gasteiger partial charge in [0.15, 0.2) is 29.8 Å². The van der Waals surface area contributed by atoms with Gasteiger partial charge >= 0.3 is 11.9 Å². The number of hydrogen-bond acceptors (Lipinski definition) is 21. The van der Waals surface area contributed by atoms with Crippen molar-refractivity contribution in [2.45, 2.75) is 215 Å². The SMILES string of the molecule is C[C@H](NC(=O)[C@H](CCCN=C(N)N)NC(=O)[C@@H]1CCCN1C(=O)[C@@H](N)[C@@H](C)O)C(=O)N[C@@H](CCCN=C(N)N)C(=O)N[C@@H](CCCN=C(N)N)C(=O)N[C@@H](CCCN=C(N)N)C(=O)N[C@@H](CCCCN)C(=O)N[C@@H](CCCCN)C(=O)N[C@@H](CCCN=C(N)N)C(=O)N[C@@H](CCC(=O)O)C(=O)O. The van der Waals surface area contributed by atoms with E-state index in [1.807, 2.05) is 0 Å². The van der Waals surface area contributed by atoms with Gasteiger partial charge in [-0.25, -0.2) is 4.79 Å². The van der Waals surface area contributed by atoms with Crippen LogP contribution in [0.4, 0.5) is 0 Å². The summed E-state index contributed by atoms with van der Waals surface area (Å²) in [6.07, 6.45) is -1.26. The van der Waals surface area contributed by atoms with Crippen molar-refractivity contribution >= 4 is 101 Å². The Bertz CT molecular complexity index is 2880. The molecule has 0 aliphatic carbocycles. The zero-order valence-electron chi connectivity index (χ0n) is 58.2. The molecule has 10 amide bonds. The van der Waals surface area contributed by atoms with Crippen LogP contribution >= 0.6 is 0 Å². The van der Waals surface area contributed by atoms with Gasteiger partial charge in [0, 0.05) is 45.7 Å². The van der Waals surface area contributed by atoms with E-state index < -0.39 is 156 Å². The van der Waals surface area contributed by atoms with Crippen LogP contribution in [0, 0.1) is 0 Å². The summed E-state index contributed by atoms with van der Waals surface area (Å²) in [7, 11) is 0. The highest BCUT2D eigenvalue weighted by molar-refractivity contribution is 5.99. The number of rotatable bonds is 52. The number of nitrogens with zero attached hydrogens (tertiary/aromatic N) is 6. The second-order valence-corrected chi connectivity index (χ2v) is 24.3. The van der Waals surface area contributed by atoms with Gasteiger partial charge in [0.25, 0.3) is 0 Å². The van der Waals surface area contributed by atoms with Gasteiger partial charge in [0.05, 0.1) is 6.10 Å². The number of carbonyl (C=O) groups is 12. The van der Waals surface area contributed by atoms with Crippen LogP contribution in [0.5, 0.6) is 0 Å². The van der Waals surface area contributed by atoms with Gasteiger partial charge in [-0.3, -0.25) is 77.7 Å².